The fourth-order valence-corrected chi connectivity index (χ4v) is 3.02. The van der Waals surface area contributed by atoms with E-state index in [1.807, 2.05) is 31.2 Å². The zero-order chi connectivity index (χ0) is 19.7. The van der Waals surface area contributed by atoms with Gasteiger partial charge in [-0.3, -0.25) is 15.6 Å². The molecule has 140 valence electrons. The number of nitrogens with zero attached hydrogens (tertiary/aromatic N) is 4. The van der Waals surface area contributed by atoms with E-state index >= 15 is 0 Å². The highest BCUT2D eigenvalue weighted by Crippen LogP contribution is 2.23. The Labute approximate surface area is 170 Å². The fourth-order valence-electron chi connectivity index (χ4n) is 2.72. The van der Waals surface area contributed by atoms with Gasteiger partial charge in [-0.2, -0.15) is 5.10 Å². The third kappa shape index (κ3) is 3.49. The normalized spacial score (nSPS) is 10.8. The van der Waals surface area contributed by atoms with Gasteiger partial charge in [0.1, 0.15) is 6.33 Å². The van der Waals surface area contributed by atoms with Crippen LogP contribution < -0.4 is 10.9 Å². The van der Waals surface area contributed by atoms with Gasteiger partial charge in [0.15, 0.2) is 11.5 Å². The molecule has 0 unspecified atom stereocenters. The molecule has 0 atom stereocenters. The number of hydrogen-bond acceptors (Lipinski definition) is 5. The summed E-state index contributed by atoms with van der Waals surface area (Å²) in [5.74, 6) is 0.0497. The Balaban J connectivity index is 1.59. The van der Waals surface area contributed by atoms with Crippen LogP contribution in [0, 0.1) is 6.92 Å². The number of rotatable bonds is 4. The predicted octanol–water partition coefficient (Wildman–Crippen LogP) is 4.19. The second-order valence-electron chi connectivity index (χ2n) is 6.06. The Morgan fingerprint density at radius 3 is 2.71 bits per heavy atom. The highest BCUT2D eigenvalue weighted by atomic mass is 35.5. The molecule has 0 radical (unpaired) electrons. The zero-order valence-electron chi connectivity index (χ0n) is 14.6. The van der Waals surface area contributed by atoms with E-state index in [0.29, 0.717) is 32.5 Å². The molecule has 0 saturated heterocycles. The summed E-state index contributed by atoms with van der Waals surface area (Å²) in [6, 6.07) is 12.6. The maximum Gasteiger partial charge on any atom is 0.269 e. The highest BCUT2D eigenvalue weighted by molar-refractivity contribution is 6.42. The number of fused-ring (bicyclic) bond motifs is 1. The highest BCUT2D eigenvalue weighted by Gasteiger charge is 2.13. The summed E-state index contributed by atoms with van der Waals surface area (Å²) in [5, 5.41) is 5.75. The van der Waals surface area contributed by atoms with Crippen molar-refractivity contribution in [2.45, 2.75) is 6.92 Å². The number of halogens is 2. The minimum absolute atomic E-state index is 0.304. The summed E-state index contributed by atoms with van der Waals surface area (Å²) in [6.07, 6.45) is 3.05. The molecule has 0 bridgehead atoms. The molecule has 0 fully saturated rings. The molecule has 2 N–H and O–H groups in total. The molecule has 2 heterocycles. The number of amides is 1. The van der Waals surface area contributed by atoms with Crippen molar-refractivity contribution in [3.8, 4) is 5.69 Å². The van der Waals surface area contributed by atoms with Crippen molar-refractivity contribution in [3.05, 3.63) is 76.2 Å². The molecule has 2 aromatic heterocycles. The van der Waals surface area contributed by atoms with Crippen molar-refractivity contribution in [2.75, 3.05) is 5.43 Å². The van der Waals surface area contributed by atoms with Crippen LogP contribution in [0.1, 0.15) is 15.9 Å². The summed E-state index contributed by atoms with van der Waals surface area (Å²) in [4.78, 5) is 20.9. The molecule has 0 spiro atoms. The summed E-state index contributed by atoms with van der Waals surface area (Å²) in [6.45, 7) is 2.01. The van der Waals surface area contributed by atoms with Crippen molar-refractivity contribution in [1.82, 2.24) is 25.2 Å². The second kappa shape index (κ2) is 7.46. The van der Waals surface area contributed by atoms with Crippen LogP contribution in [-0.4, -0.2) is 25.7 Å². The number of aromatic nitrogens is 4. The van der Waals surface area contributed by atoms with Crippen LogP contribution in [-0.2, 0) is 0 Å². The lowest BCUT2D eigenvalue weighted by Crippen LogP contribution is -2.29. The summed E-state index contributed by atoms with van der Waals surface area (Å²) in [7, 11) is 0. The van der Waals surface area contributed by atoms with Crippen LogP contribution in [0.4, 0.5) is 5.82 Å². The molecular formula is C19H14Cl2N6O. The molecule has 4 rings (SSSR count). The molecule has 7 nitrogen and oxygen atoms in total. The van der Waals surface area contributed by atoms with Crippen LogP contribution in [0.2, 0.25) is 10.0 Å². The third-order valence-corrected chi connectivity index (χ3v) is 4.83. The van der Waals surface area contributed by atoms with Crippen LogP contribution in [0.15, 0.2) is 55.0 Å². The van der Waals surface area contributed by atoms with E-state index in [1.165, 1.54) is 12.4 Å². The molecule has 28 heavy (non-hydrogen) atoms. The second-order valence-corrected chi connectivity index (χ2v) is 6.88. The van der Waals surface area contributed by atoms with E-state index in [0.717, 1.165) is 11.3 Å². The first-order valence-corrected chi connectivity index (χ1v) is 9.06. The predicted molar refractivity (Wildman–Crippen MR) is 109 cm³/mol. The Kier molecular flexibility index (Phi) is 4.85. The Hall–Kier alpha value is -3.16. The first kappa shape index (κ1) is 18.2. The molecule has 2 aromatic carbocycles. The Morgan fingerprint density at radius 2 is 1.93 bits per heavy atom. The van der Waals surface area contributed by atoms with E-state index in [9.17, 15) is 4.79 Å². The van der Waals surface area contributed by atoms with Gasteiger partial charge in [0.25, 0.3) is 5.91 Å². The van der Waals surface area contributed by atoms with Crippen molar-refractivity contribution in [1.29, 1.82) is 0 Å². The molecular weight excluding hydrogens is 399 g/mol. The van der Waals surface area contributed by atoms with Crippen LogP contribution in [0.3, 0.4) is 0 Å². The van der Waals surface area contributed by atoms with Gasteiger partial charge in [0.05, 0.1) is 27.3 Å². The number of carbonyl (C=O) groups is 1. The van der Waals surface area contributed by atoms with Gasteiger partial charge in [-0.1, -0.05) is 35.3 Å². The molecule has 0 saturated carbocycles. The lowest BCUT2D eigenvalue weighted by atomic mass is 10.2. The monoisotopic (exact) mass is 412 g/mol. The number of hydrogen-bond donors (Lipinski definition) is 2. The minimum atomic E-state index is -0.378. The van der Waals surface area contributed by atoms with Gasteiger partial charge in [-0.05, 0) is 42.8 Å². The molecule has 0 aliphatic rings. The number of aryl methyl sites for hydroxylation is 1. The minimum Gasteiger partial charge on any atom is -0.281 e. The number of hydrazine groups is 1. The van der Waals surface area contributed by atoms with Crippen molar-refractivity contribution in [2.24, 2.45) is 0 Å². The lowest BCUT2D eigenvalue weighted by Gasteiger charge is -2.09. The molecule has 9 heteroatoms. The Morgan fingerprint density at radius 1 is 1.07 bits per heavy atom. The van der Waals surface area contributed by atoms with E-state index in [-0.39, 0.29) is 5.91 Å². The molecule has 0 aliphatic carbocycles. The van der Waals surface area contributed by atoms with Crippen LogP contribution >= 0.6 is 23.2 Å². The van der Waals surface area contributed by atoms with E-state index < -0.39 is 0 Å². The van der Waals surface area contributed by atoms with E-state index in [2.05, 4.69) is 25.9 Å². The van der Waals surface area contributed by atoms with Crippen LogP contribution in [0.25, 0.3) is 16.7 Å². The SMILES string of the molecule is Cc1cccc(-n2ncc3c(NNC(=O)c4ccc(Cl)c(Cl)c4)ncnc32)c1. The Bertz CT molecular complexity index is 1190. The molecule has 0 aliphatic heterocycles. The van der Waals surface area contributed by atoms with Gasteiger partial charge in [0, 0.05) is 5.56 Å². The number of carbonyl (C=O) groups excluding carboxylic acids is 1. The average Bonchev–Trinajstić information content (AvgIpc) is 3.13. The van der Waals surface area contributed by atoms with Gasteiger partial charge >= 0.3 is 0 Å². The van der Waals surface area contributed by atoms with Gasteiger partial charge in [-0.15, -0.1) is 0 Å². The summed E-state index contributed by atoms with van der Waals surface area (Å²) >= 11 is 11.8. The number of anilines is 1. The van der Waals surface area contributed by atoms with Crippen LogP contribution in [0.5, 0.6) is 0 Å². The average molecular weight is 413 g/mol. The number of nitrogens with one attached hydrogen (secondary N) is 2. The fraction of sp³-hybridized carbons (Fsp3) is 0.0526. The van der Waals surface area contributed by atoms with Gasteiger partial charge in [0.2, 0.25) is 0 Å². The maximum absolute atomic E-state index is 12.3. The smallest absolute Gasteiger partial charge is 0.269 e. The van der Waals surface area contributed by atoms with E-state index in [1.54, 1.807) is 23.0 Å². The third-order valence-electron chi connectivity index (χ3n) is 4.09. The summed E-state index contributed by atoms with van der Waals surface area (Å²) in [5.41, 5.74) is 8.39. The maximum atomic E-state index is 12.3. The zero-order valence-corrected chi connectivity index (χ0v) is 16.2. The lowest BCUT2D eigenvalue weighted by molar-refractivity contribution is 0.0962. The first-order valence-electron chi connectivity index (χ1n) is 8.30. The first-order chi connectivity index (χ1) is 13.5. The quantitative estimate of drug-likeness (QED) is 0.490. The van der Waals surface area contributed by atoms with Crippen molar-refractivity contribution >= 4 is 46.0 Å². The largest absolute Gasteiger partial charge is 0.281 e. The van der Waals surface area contributed by atoms with Gasteiger partial charge < -0.3 is 0 Å². The number of benzene rings is 2. The van der Waals surface area contributed by atoms with Gasteiger partial charge in [-0.25, -0.2) is 14.6 Å². The topological polar surface area (TPSA) is 84.7 Å². The molecule has 1 amide bonds. The van der Waals surface area contributed by atoms with Crippen molar-refractivity contribution in [3.63, 3.8) is 0 Å². The standard InChI is InChI=1S/C19H14Cl2N6O/c1-11-3-2-4-13(7-11)27-18-14(9-24-27)17(22-10-23-18)25-26-19(28)12-5-6-15(20)16(21)8-12/h2-10H,1H3,(H,26,28)(H,22,23,25). The summed E-state index contributed by atoms with van der Waals surface area (Å²) < 4.78 is 1.72. The van der Waals surface area contributed by atoms with Crippen molar-refractivity contribution < 1.29 is 4.79 Å². The molecule has 4 aromatic rings. The van der Waals surface area contributed by atoms with E-state index in [4.69, 9.17) is 23.2 Å².